The van der Waals surface area contributed by atoms with E-state index in [1.54, 1.807) is 18.5 Å². The fourth-order valence-corrected chi connectivity index (χ4v) is 3.88. The van der Waals surface area contributed by atoms with Crippen molar-refractivity contribution < 1.29 is 23.0 Å². The number of hydrogen-bond donors (Lipinski definition) is 2. The first kappa shape index (κ1) is 22.1. The number of halogens is 3. The number of nitrogens with one attached hydrogen (secondary N) is 1. The second kappa shape index (κ2) is 8.81. The monoisotopic (exact) mass is 450 g/mol. The number of rotatable bonds is 7. The Morgan fingerprint density at radius 1 is 1.25 bits per heavy atom. The third-order valence-electron chi connectivity index (χ3n) is 5.46. The average Bonchev–Trinajstić information content (AvgIpc) is 3.38. The normalized spacial score (nSPS) is 16.8. The van der Waals surface area contributed by atoms with Crippen LogP contribution in [0.15, 0.2) is 30.6 Å². The Bertz CT molecular complexity index is 1090. The number of hydrogen-bond acceptors (Lipinski definition) is 7. The molecule has 1 fully saturated rings. The molecule has 32 heavy (non-hydrogen) atoms. The van der Waals surface area contributed by atoms with E-state index in [1.807, 2.05) is 23.3 Å². The van der Waals surface area contributed by atoms with Gasteiger partial charge in [0, 0.05) is 24.7 Å². The predicted molar refractivity (Wildman–Crippen MR) is 114 cm³/mol. The summed E-state index contributed by atoms with van der Waals surface area (Å²) in [7, 11) is 0. The van der Waals surface area contributed by atoms with Crippen molar-refractivity contribution in [3.63, 3.8) is 0 Å². The molecule has 11 heteroatoms. The lowest BCUT2D eigenvalue weighted by Crippen LogP contribution is -2.33. The maximum Gasteiger partial charge on any atom is 0.573 e. The fourth-order valence-electron chi connectivity index (χ4n) is 3.88. The van der Waals surface area contributed by atoms with E-state index in [0.717, 1.165) is 12.8 Å². The summed E-state index contributed by atoms with van der Waals surface area (Å²) in [6.07, 6.45) is -1.35. The van der Waals surface area contributed by atoms with E-state index in [-0.39, 0.29) is 31.0 Å². The van der Waals surface area contributed by atoms with Gasteiger partial charge in [-0.2, -0.15) is 9.97 Å². The highest BCUT2D eigenvalue weighted by Gasteiger charge is 2.32. The van der Waals surface area contributed by atoms with Crippen LogP contribution in [0.4, 0.5) is 24.9 Å². The SMILES string of the molecule is CC(C)n1cnc2c(NCc3ccccc3OC(F)(F)F)nc(N3CCC[C@@H]3CO)nc21. The molecule has 0 bridgehead atoms. The number of para-hydroxylation sites is 1. The van der Waals surface area contributed by atoms with Crippen molar-refractivity contribution in [1.82, 2.24) is 19.5 Å². The summed E-state index contributed by atoms with van der Waals surface area (Å²) in [6, 6.07) is 5.99. The summed E-state index contributed by atoms with van der Waals surface area (Å²) < 4.78 is 44.4. The maximum atomic E-state index is 12.8. The third-order valence-corrected chi connectivity index (χ3v) is 5.46. The molecule has 0 amide bonds. The minimum atomic E-state index is -4.78. The Balaban J connectivity index is 1.70. The lowest BCUT2D eigenvalue weighted by molar-refractivity contribution is -0.274. The smallest absolute Gasteiger partial charge is 0.405 e. The predicted octanol–water partition coefficient (Wildman–Crippen LogP) is 3.88. The Labute approximate surface area is 183 Å². The van der Waals surface area contributed by atoms with E-state index in [2.05, 4.69) is 20.0 Å². The standard InChI is InChI=1S/C21H25F3N6O2/c1-13(2)30-12-26-17-18(25-10-14-6-3-4-8-16(14)32-21(22,23)24)27-20(28-19(17)30)29-9-5-7-15(29)11-31/h3-4,6,8,12-13,15,31H,5,7,9-11H2,1-2H3,(H,25,27,28)/t15-/m1/s1. The Morgan fingerprint density at radius 2 is 2.03 bits per heavy atom. The van der Waals surface area contributed by atoms with Gasteiger partial charge >= 0.3 is 6.36 Å². The number of aliphatic hydroxyl groups excluding tert-OH is 1. The third kappa shape index (κ3) is 4.57. The van der Waals surface area contributed by atoms with Gasteiger partial charge in [0.05, 0.1) is 19.0 Å². The zero-order valence-electron chi connectivity index (χ0n) is 17.8. The molecule has 0 saturated carbocycles. The molecule has 3 heterocycles. The number of alkyl halides is 3. The van der Waals surface area contributed by atoms with Crippen LogP contribution < -0.4 is 15.0 Å². The molecule has 0 unspecified atom stereocenters. The van der Waals surface area contributed by atoms with E-state index >= 15 is 0 Å². The molecule has 3 aromatic rings. The van der Waals surface area contributed by atoms with Crippen LogP contribution in [0, 0.1) is 0 Å². The molecule has 0 aliphatic carbocycles. The topological polar surface area (TPSA) is 88.3 Å². The molecule has 1 aliphatic rings. The van der Waals surface area contributed by atoms with Gasteiger partial charge < -0.3 is 24.6 Å². The summed E-state index contributed by atoms with van der Waals surface area (Å²) in [4.78, 5) is 15.7. The summed E-state index contributed by atoms with van der Waals surface area (Å²) >= 11 is 0. The van der Waals surface area contributed by atoms with Crippen molar-refractivity contribution in [2.45, 2.75) is 51.7 Å². The summed E-state index contributed by atoms with van der Waals surface area (Å²) in [5.41, 5.74) is 1.48. The van der Waals surface area contributed by atoms with Crippen LogP contribution in [0.2, 0.25) is 0 Å². The van der Waals surface area contributed by atoms with Gasteiger partial charge in [-0.1, -0.05) is 18.2 Å². The van der Waals surface area contributed by atoms with Gasteiger partial charge in [0.25, 0.3) is 0 Å². The lowest BCUT2D eigenvalue weighted by Gasteiger charge is -2.24. The van der Waals surface area contributed by atoms with Crippen LogP contribution in [-0.4, -0.2) is 50.2 Å². The first-order chi connectivity index (χ1) is 15.3. The number of anilines is 2. The second-order valence-corrected chi connectivity index (χ2v) is 7.97. The van der Waals surface area contributed by atoms with Gasteiger partial charge in [0.2, 0.25) is 5.95 Å². The van der Waals surface area contributed by atoms with E-state index < -0.39 is 6.36 Å². The van der Waals surface area contributed by atoms with Crippen LogP contribution in [-0.2, 0) is 6.54 Å². The van der Waals surface area contributed by atoms with Crippen LogP contribution in [0.25, 0.3) is 11.2 Å². The molecule has 1 atom stereocenters. The van der Waals surface area contributed by atoms with Gasteiger partial charge in [0.15, 0.2) is 17.0 Å². The zero-order valence-corrected chi connectivity index (χ0v) is 17.8. The van der Waals surface area contributed by atoms with Gasteiger partial charge in [-0.25, -0.2) is 4.98 Å². The van der Waals surface area contributed by atoms with E-state index in [4.69, 9.17) is 4.98 Å². The number of aliphatic hydroxyl groups is 1. The van der Waals surface area contributed by atoms with Crippen molar-refractivity contribution in [3.05, 3.63) is 36.2 Å². The van der Waals surface area contributed by atoms with Crippen LogP contribution in [0.1, 0.15) is 38.3 Å². The molecule has 1 aromatic carbocycles. The van der Waals surface area contributed by atoms with Gasteiger partial charge in [-0.05, 0) is 32.8 Å². The van der Waals surface area contributed by atoms with Gasteiger partial charge in [-0.3, -0.25) is 0 Å². The fraction of sp³-hybridized carbons (Fsp3) is 0.476. The number of aromatic nitrogens is 4. The number of nitrogens with zero attached hydrogens (tertiary/aromatic N) is 5. The Hall–Kier alpha value is -3.08. The van der Waals surface area contributed by atoms with Crippen molar-refractivity contribution in [3.8, 4) is 5.75 Å². The van der Waals surface area contributed by atoms with E-state index in [1.165, 1.54) is 12.1 Å². The highest BCUT2D eigenvalue weighted by Crippen LogP contribution is 2.30. The van der Waals surface area contributed by atoms with Crippen molar-refractivity contribution in [2.24, 2.45) is 0 Å². The molecular formula is C21H25F3N6O2. The van der Waals surface area contributed by atoms with E-state index in [9.17, 15) is 18.3 Å². The largest absolute Gasteiger partial charge is 0.573 e. The molecule has 0 radical (unpaired) electrons. The molecule has 0 spiro atoms. The minimum Gasteiger partial charge on any atom is -0.405 e. The molecule has 8 nitrogen and oxygen atoms in total. The lowest BCUT2D eigenvalue weighted by atomic mass is 10.2. The number of ether oxygens (including phenoxy) is 1. The summed E-state index contributed by atoms with van der Waals surface area (Å²) in [6.45, 7) is 4.78. The molecular weight excluding hydrogens is 425 g/mol. The van der Waals surface area contributed by atoms with Crippen molar-refractivity contribution >= 4 is 22.9 Å². The first-order valence-corrected chi connectivity index (χ1v) is 10.5. The van der Waals surface area contributed by atoms with Crippen molar-refractivity contribution in [2.75, 3.05) is 23.4 Å². The zero-order chi connectivity index (χ0) is 22.9. The molecule has 2 N–H and O–H groups in total. The average molecular weight is 450 g/mol. The summed E-state index contributed by atoms with van der Waals surface area (Å²) in [5, 5.41) is 12.8. The van der Waals surface area contributed by atoms with Gasteiger partial charge in [-0.15, -0.1) is 13.2 Å². The van der Waals surface area contributed by atoms with Gasteiger partial charge in [0.1, 0.15) is 5.75 Å². The highest BCUT2D eigenvalue weighted by molar-refractivity contribution is 5.84. The van der Waals surface area contributed by atoms with Crippen LogP contribution in [0.3, 0.4) is 0 Å². The molecule has 1 saturated heterocycles. The molecule has 4 rings (SSSR count). The number of benzene rings is 1. The van der Waals surface area contributed by atoms with E-state index in [0.29, 0.717) is 35.0 Å². The van der Waals surface area contributed by atoms with Crippen LogP contribution in [0.5, 0.6) is 5.75 Å². The quantitative estimate of drug-likeness (QED) is 0.565. The first-order valence-electron chi connectivity index (χ1n) is 10.5. The Kier molecular flexibility index (Phi) is 6.09. The molecule has 172 valence electrons. The summed E-state index contributed by atoms with van der Waals surface area (Å²) in [5.74, 6) is 0.596. The molecule has 2 aromatic heterocycles. The van der Waals surface area contributed by atoms with Crippen LogP contribution >= 0.6 is 0 Å². The second-order valence-electron chi connectivity index (χ2n) is 7.97. The minimum absolute atomic E-state index is 0.00421. The number of fused-ring (bicyclic) bond motifs is 1. The number of imidazole rings is 1. The maximum absolute atomic E-state index is 12.8. The Morgan fingerprint density at radius 3 is 2.75 bits per heavy atom. The highest BCUT2D eigenvalue weighted by atomic mass is 19.4. The molecule has 1 aliphatic heterocycles. The van der Waals surface area contributed by atoms with Crippen molar-refractivity contribution in [1.29, 1.82) is 0 Å².